The van der Waals surface area contributed by atoms with Crippen LogP contribution in [0, 0.1) is 0 Å². The number of hydrogen-bond acceptors (Lipinski definition) is 5. The Hall–Kier alpha value is -1.76. The van der Waals surface area contributed by atoms with E-state index in [1.807, 2.05) is 76.2 Å². The van der Waals surface area contributed by atoms with Crippen LogP contribution in [-0.4, -0.2) is 43.2 Å². The van der Waals surface area contributed by atoms with Crippen molar-refractivity contribution < 1.29 is 23.7 Å². The average molecular weight is 413 g/mol. The van der Waals surface area contributed by atoms with Gasteiger partial charge in [-0.25, -0.2) is 0 Å². The summed E-state index contributed by atoms with van der Waals surface area (Å²) in [5, 5.41) is 0. The first-order valence-electron chi connectivity index (χ1n) is 10.9. The van der Waals surface area contributed by atoms with Crippen molar-refractivity contribution in [2.24, 2.45) is 0 Å². The third kappa shape index (κ3) is 4.76. The van der Waals surface area contributed by atoms with E-state index in [1.54, 1.807) is 0 Å². The van der Waals surface area contributed by atoms with Gasteiger partial charge >= 0.3 is 0 Å². The summed E-state index contributed by atoms with van der Waals surface area (Å²) in [6.45, 7) is 8.61. The van der Waals surface area contributed by atoms with Gasteiger partial charge in [0.1, 0.15) is 30.5 Å². The second kappa shape index (κ2) is 9.58. The largest absolute Gasteiger partial charge is 0.370 e. The van der Waals surface area contributed by atoms with Crippen molar-refractivity contribution in [3.63, 3.8) is 0 Å². The van der Waals surface area contributed by atoms with Crippen molar-refractivity contribution in [3.05, 3.63) is 71.8 Å². The second-order valence-corrected chi connectivity index (χ2v) is 8.48. The average Bonchev–Trinajstić information content (AvgIpc) is 2.75. The number of hydrogen-bond donors (Lipinski definition) is 0. The maximum Gasteiger partial charge on any atom is 0.184 e. The Bertz CT molecular complexity index is 779. The van der Waals surface area contributed by atoms with Crippen LogP contribution in [0.15, 0.2) is 60.7 Å². The zero-order chi connectivity index (χ0) is 21.1. The Morgan fingerprint density at radius 1 is 0.733 bits per heavy atom. The van der Waals surface area contributed by atoms with Crippen LogP contribution in [0.5, 0.6) is 0 Å². The van der Waals surface area contributed by atoms with E-state index < -0.39 is 6.29 Å². The molecule has 162 valence electrons. The van der Waals surface area contributed by atoms with Crippen molar-refractivity contribution in [1.29, 1.82) is 0 Å². The molecule has 0 amide bonds. The Balaban J connectivity index is 1.65. The van der Waals surface area contributed by atoms with Gasteiger partial charge in [0, 0.05) is 5.56 Å². The molecule has 5 heteroatoms. The minimum atomic E-state index is -0.442. The molecule has 4 rings (SSSR count). The van der Waals surface area contributed by atoms with E-state index in [-0.39, 0.29) is 42.7 Å². The molecule has 2 fully saturated rings. The van der Waals surface area contributed by atoms with E-state index in [0.29, 0.717) is 6.61 Å². The van der Waals surface area contributed by atoms with Gasteiger partial charge in [-0.05, 0) is 33.3 Å². The number of ether oxygens (including phenoxy) is 5. The quantitative estimate of drug-likeness (QED) is 0.680. The Labute approximate surface area is 179 Å². The zero-order valence-electron chi connectivity index (χ0n) is 18.1. The van der Waals surface area contributed by atoms with Crippen LogP contribution in [-0.2, 0) is 23.7 Å². The van der Waals surface area contributed by atoms with Crippen molar-refractivity contribution in [2.75, 3.05) is 6.61 Å². The molecule has 2 aromatic rings. The highest BCUT2D eigenvalue weighted by Crippen LogP contribution is 2.42. The fraction of sp³-hybridized carbons (Fsp3) is 0.520. The van der Waals surface area contributed by atoms with Crippen molar-refractivity contribution >= 4 is 0 Å². The van der Waals surface area contributed by atoms with E-state index in [1.165, 1.54) is 0 Å². The molecule has 2 saturated heterocycles. The number of benzene rings is 2. The number of fused-ring (bicyclic) bond motifs is 1. The summed E-state index contributed by atoms with van der Waals surface area (Å²) in [4.78, 5) is 0. The highest BCUT2D eigenvalue weighted by atomic mass is 16.7. The first kappa shape index (κ1) is 21.5. The van der Waals surface area contributed by atoms with Crippen LogP contribution in [0.1, 0.15) is 51.2 Å². The summed E-state index contributed by atoms with van der Waals surface area (Å²) in [6.07, 6.45) is -1.70. The summed E-state index contributed by atoms with van der Waals surface area (Å²) < 4.78 is 31.8. The summed E-state index contributed by atoms with van der Waals surface area (Å²) in [6, 6.07) is 20.2. The van der Waals surface area contributed by atoms with Crippen LogP contribution < -0.4 is 0 Å². The predicted molar refractivity (Wildman–Crippen MR) is 114 cm³/mol. The second-order valence-electron chi connectivity index (χ2n) is 8.48. The van der Waals surface area contributed by atoms with Gasteiger partial charge in [0.25, 0.3) is 0 Å². The van der Waals surface area contributed by atoms with Crippen LogP contribution in [0.25, 0.3) is 0 Å². The summed E-state index contributed by atoms with van der Waals surface area (Å²) in [5.74, 6) is 0. The minimum absolute atomic E-state index is 0.0318. The molecule has 0 radical (unpaired) electrons. The van der Waals surface area contributed by atoms with Gasteiger partial charge in [0.05, 0.1) is 18.8 Å². The summed E-state index contributed by atoms with van der Waals surface area (Å²) in [7, 11) is 0. The third-order valence-corrected chi connectivity index (χ3v) is 5.38. The van der Waals surface area contributed by atoms with E-state index in [4.69, 9.17) is 23.7 Å². The molecule has 0 saturated carbocycles. The Morgan fingerprint density at radius 2 is 1.30 bits per heavy atom. The molecule has 2 heterocycles. The first-order chi connectivity index (χ1) is 14.5. The normalized spacial score (nSPS) is 31.7. The van der Waals surface area contributed by atoms with Crippen LogP contribution in [0.4, 0.5) is 0 Å². The molecule has 0 spiro atoms. The molecule has 2 aliphatic heterocycles. The Kier molecular flexibility index (Phi) is 6.86. The molecule has 0 aromatic heterocycles. The van der Waals surface area contributed by atoms with E-state index in [2.05, 4.69) is 12.1 Å². The molecule has 30 heavy (non-hydrogen) atoms. The molecule has 2 aromatic carbocycles. The minimum Gasteiger partial charge on any atom is -0.370 e. The maximum absolute atomic E-state index is 6.53. The summed E-state index contributed by atoms with van der Waals surface area (Å²) >= 11 is 0. The first-order valence-corrected chi connectivity index (χ1v) is 10.9. The van der Waals surface area contributed by atoms with Gasteiger partial charge in [-0.15, -0.1) is 0 Å². The van der Waals surface area contributed by atoms with E-state index in [0.717, 1.165) is 11.1 Å². The molecule has 0 bridgehead atoms. The fourth-order valence-corrected chi connectivity index (χ4v) is 4.21. The van der Waals surface area contributed by atoms with Gasteiger partial charge < -0.3 is 23.7 Å². The Morgan fingerprint density at radius 3 is 1.90 bits per heavy atom. The van der Waals surface area contributed by atoms with Crippen LogP contribution in [0.3, 0.4) is 0 Å². The smallest absolute Gasteiger partial charge is 0.184 e. The van der Waals surface area contributed by atoms with Crippen LogP contribution in [0.2, 0.25) is 0 Å². The molecule has 0 N–H and O–H groups in total. The van der Waals surface area contributed by atoms with Gasteiger partial charge in [-0.3, -0.25) is 0 Å². The highest BCUT2D eigenvalue weighted by molar-refractivity contribution is 5.22. The predicted octanol–water partition coefficient (Wildman–Crippen LogP) is 4.83. The van der Waals surface area contributed by atoms with E-state index in [9.17, 15) is 0 Å². The SMILES string of the molecule is CC(C)O[C@@H]1[C@@H](OC(C)C)[C@H](c2ccccc2)O[C@@H]2CO[C@@H](c3ccccc3)O[C@@H]12. The lowest BCUT2D eigenvalue weighted by molar-refractivity contribution is -0.344. The van der Waals surface area contributed by atoms with E-state index >= 15 is 0 Å². The zero-order valence-corrected chi connectivity index (χ0v) is 18.1. The lowest BCUT2D eigenvalue weighted by atomic mass is 9.89. The molecule has 2 aliphatic rings. The van der Waals surface area contributed by atoms with Crippen molar-refractivity contribution in [1.82, 2.24) is 0 Å². The fourth-order valence-electron chi connectivity index (χ4n) is 4.21. The molecule has 0 aliphatic carbocycles. The molecular weight excluding hydrogens is 380 g/mol. The number of rotatable bonds is 6. The highest BCUT2D eigenvalue weighted by Gasteiger charge is 2.52. The maximum atomic E-state index is 6.53. The molecule has 6 atom stereocenters. The standard InChI is InChI=1S/C25H32O5/c1-16(2)27-23-21(18-11-7-5-8-12-18)29-20-15-26-25(19-13-9-6-10-14-19)30-22(20)24(23)28-17(3)4/h5-14,16-17,20-25H,15H2,1-4H3/t20-,21+,22-,23+,24+,25-/m1/s1. The lowest BCUT2D eigenvalue weighted by Gasteiger charge is -2.50. The molecule has 5 nitrogen and oxygen atoms in total. The molecule has 0 unspecified atom stereocenters. The third-order valence-electron chi connectivity index (χ3n) is 5.38. The lowest BCUT2D eigenvalue weighted by Crippen LogP contribution is -2.61. The van der Waals surface area contributed by atoms with Crippen LogP contribution >= 0.6 is 0 Å². The van der Waals surface area contributed by atoms with Crippen molar-refractivity contribution in [2.45, 2.75) is 76.7 Å². The van der Waals surface area contributed by atoms with Gasteiger partial charge in [0.15, 0.2) is 6.29 Å². The van der Waals surface area contributed by atoms with Crippen molar-refractivity contribution in [3.8, 4) is 0 Å². The van der Waals surface area contributed by atoms with Gasteiger partial charge in [0.2, 0.25) is 0 Å². The topological polar surface area (TPSA) is 46.2 Å². The summed E-state index contributed by atoms with van der Waals surface area (Å²) in [5.41, 5.74) is 2.06. The van der Waals surface area contributed by atoms with Gasteiger partial charge in [-0.1, -0.05) is 60.7 Å². The monoisotopic (exact) mass is 412 g/mol. The van der Waals surface area contributed by atoms with Gasteiger partial charge in [-0.2, -0.15) is 0 Å². The molecular formula is C25H32O5.